The molecule has 0 atom stereocenters. The molecule has 1 aromatic heterocycles. The van der Waals surface area contributed by atoms with Crippen molar-refractivity contribution >= 4 is 35.0 Å². The number of anilines is 1. The summed E-state index contributed by atoms with van der Waals surface area (Å²) in [6, 6.07) is 9.01. The Kier molecular flexibility index (Phi) is 4.84. The lowest BCUT2D eigenvalue weighted by Crippen LogP contribution is -2.13. The number of halogens is 4. The smallest absolute Gasteiger partial charge is 0.398 e. The normalized spacial score (nSPS) is 11.4. The summed E-state index contributed by atoms with van der Waals surface area (Å²) in [5.74, 6) is -1.63. The molecule has 1 N–H and O–H groups in total. The topological polar surface area (TPSA) is 42.2 Å². The van der Waals surface area contributed by atoms with E-state index >= 15 is 0 Å². The van der Waals surface area contributed by atoms with E-state index in [0.717, 1.165) is 0 Å². The molecule has 0 saturated heterocycles. The van der Waals surface area contributed by atoms with Crippen molar-refractivity contribution in [2.45, 2.75) is 11.1 Å². The molecule has 0 aliphatic heterocycles. The maximum Gasteiger partial charge on any atom is 0.398 e. The number of furan rings is 1. The molecule has 0 unspecified atom stereocenters. The standard InChI is InChI=1S/C13H9ClF3NO2S/c14-11-6-5-9(20-11)12(19)18-8-3-1-2-4-10(8)21-7-13(15,16)17/h1-6H,7H2,(H,18,19). The molecule has 0 spiro atoms. The highest BCUT2D eigenvalue weighted by atomic mass is 35.5. The summed E-state index contributed by atoms with van der Waals surface area (Å²) in [7, 11) is 0. The fourth-order valence-corrected chi connectivity index (χ4v) is 2.39. The van der Waals surface area contributed by atoms with Crippen LogP contribution in [0.15, 0.2) is 45.7 Å². The van der Waals surface area contributed by atoms with E-state index in [1.165, 1.54) is 24.3 Å². The van der Waals surface area contributed by atoms with E-state index in [9.17, 15) is 18.0 Å². The Morgan fingerprint density at radius 2 is 1.95 bits per heavy atom. The predicted molar refractivity (Wildman–Crippen MR) is 74.9 cm³/mol. The van der Waals surface area contributed by atoms with Crippen LogP contribution in [0.1, 0.15) is 10.6 Å². The molecule has 0 aliphatic rings. The van der Waals surface area contributed by atoms with Gasteiger partial charge in [0.05, 0.1) is 11.4 Å². The largest absolute Gasteiger partial charge is 0.440 e. The first-order valence-corrected chi connectivity index (χ1v) is 7.07. The first kappa shape index (κ1) is 15.8. The summed E-state index contributed by atoms with van der Waals surface area (Å²) >= 11 is 6.16. The van der Waals surface area contributed by atoms with E-state index in [4.69, 9.17) is 16.0 Å². The zero-order valence-corrected chi connectivity index (χ0v) is 12.0. The van der Waals surface area contributed by atoms with Gasteiger partial charge in [0.2, 0.25) is 0 Å². The predicted octanol–water partition coefficient (Wildman–Crippen LogP) is 4.84. The van der Waals surface area contributed by atoms with Gasteiger partial charge in [-0.1, -0.05) is 12.1 Å². The molecule has 0 saturated carbocycles. The second-order valence-corrected chi connectivity index (χ2v) is 5.35. The number of benzene rings is 1. The van der Waals surface area contributed by atoms with E-state index in [1.54, 1.807) is 12.1 Å². The number of alkyl halides is 3. The van der Waals surface area contributed by atoms with Crippen molar-refractivity contribution in [3.63, 3.8) is 0 Å². The lowest BCUT2D eigenvalue weighted by molar-refractivity contribution is -0.105. The molecule has 8 heteroatoms. The monoisotopic (exact) mass is 335 g/mol. The molecule has 0 radical (unpaired) electrons. The molecule has 0 aliphatic carbocycles. The Hall–Kier alpha value is -1.60. The van der Waals surface area contributed by atoms with Crippen molar-refractivity contribution in [2.75, 3.05) is 11.1 Å². The number of carbonyl (C=O) groups excluding carboxylic acids is 1. The molecule has 1 amide bonds. The van der Waals surface area contributed by atoms with Gasteiger partial charge in [-0.15, -0.1) is 11.8 Å². The van der Waals surface area contributed by atoms with Crippen LogP contribution in [0.4, 0.5) is 18.9 Å². The van der Waals surface area contributed by atoms with Gasteiger partial charge in [-0.3, -0.25) is 4.79 Å². The van der Waals surface area contributed by atoms with Crippen molar-refractivity contribution in [2.24, 2.45) is 0 Å². The number of amides is 1. The Morgan fingerprint density at radius 3 is 2.57 bits per heavy atom. The van der Waals surface area contributed by atoms with Gasteiger partial charge in [0.15, 0.2) is 11.0 Å². The number of rotatable bonds is 4. The molecule has 0 fully saturated rings. The highest BCUT2D eigenvalue weighted by Crippen LogP contribution is 2.32. The molecule has 2 aromatic rings. The second kappa shape index (κ2) is 6.44. The third-order valence-corrected chi connectivity index (χ3v) is 3.67. The summed E-state index contributed by atoms with van der Waals surface area (Å²) in [5, 5.41) is 2.55. The summed E-state index contributed by atoms with van der Waals surface area (Å²) in [6.45, 7) is 0. The Bertz CT molecular complexity index is 642. The molecule has 0 bridgehead atoms. The quantitative estimate of drug-likeness (QED) is 0.813. The third-order valence-electron chi connectivity index (χ3n) is 2.32. The average Bonchev–Trinajstić information content (AvgIpc) is 2.83. The molecule has 3 nitrogen and oxygen atoms in total. The maximum absolute atomic E-state index is 12.3. The minimum Gasteiger partial charge on any atom is -0.440 e. The fraction of sp³-hybridized carbons (Fsp3) is 0.154. The van der Waals surface area contributed by atoms with Gasteiger partial charge >= 0.3 is 6.18 Å². The van der Waals surface area contributed by atoms with Gasteiger partial charge in [-0.2, -0.15) is 13.2 Å². The number of hydrogen-bond donors (Lipinski definition) is 1. The van der Waals surface area contributed by atoms with E-state index in [0.29, 0.717) is 16.7 Å². The Balaban J connectivity index is 2.11. The highest BCUT2D eigenvalue weighted by molar-refractivity contribution is 7.99. The lowest BCUT2D eigenvalue weighted by Gasteiger charge is -2.11. The molecular weight excluding hydrogens is 327 g/mol. The zero-order valence-electron chi connectivity index (χ0n) is 10.4. The third kappa shape index (κ3) is 4.71. The van der Waals surface area contributed by atoms with Gasteiger partial charge in [-0.05, 0) is 35.9 Å². The van der Waals surface area contributed by atoms with Crippen molar-refractivity contribution in [3.8, 4) is 0 Å². The van der Waals surface area contributed by atoms with E-state index < -0.39 is 17.8 Å². The Labute approximate surface area is 127 Å². The summed E-state index contributed by atoms with van der Waals surface area (Å²) in [5.41, 5.74) is 0.282. The summed E-state index contributed by atoms with van der Waals surface area (Å²) < 4.78 is 41.7. The van der Waals surface area contributed by atoms with Crippen molar-refractivity contribution < 1.29 is 22.4 Å². The van der Waals surface area contributed by atoms with Gasteiger partial charge in [0.1, 0.15) is 0 Å². The maximum atomic E-state index is 12.3. The Morgan fingerprint density at radius 1 is 1.24 bits per heavy atom. The van der Waals surface area contributed by atoms with Crippen LogP contribution in [0.25, 0.3) is 0 Å². The highest BCUT2D eigenvalue weighted by Gasteiger charge is 2.27. The second-order valence-electron chi connectivity index (χ2n) is 3.96. The van der Waals surface area contributed by atoms with Gasteiger partial charge in [0, 0.05) is 4.90 Å². The van der Waals surface area contributed by atoms with E-state index in [2.05, 4.69) is 5.32 Å². The van der Waals surface area contributed by atoms with Crippen molar-refractivity contribution in [1.29, 1.82) is 0 Å². The molecule has 112 valence electrons. The van der Waals surface area contributed by atoms with Crippen LogP contribution in [0, 0.1) is 0 Å². The van der Waals surface area contributed by atoms with Crippen LogP contribution in [-0.2, 0) is 0 Å². The van der Waals surface area contributed by atoms with Gasteiger partial charge in [-0.25, -0.2) is 0 Å². The number of thioether (sulfide) groups is 1. The van der Waals surface area contributed by atoms with E-state index in [-0.39, 0.29) is 16.7 Å². The molecule has 21 heavy (non-hydrogen) atoms. The van der Waals surface area contributed by atoms with Crippen molar-refractivity contribution in [3.05, 3.63) is 47.4 Å². The van der Waals surface area contributed by atoms with Crippen LogP contribution in [0.2, 0.25) is 5.22 Å². The lowest BCUT2D eigenvalue weighted by atomic mass is 10.3. The minimum absolute atomic E-state index is 0.0179. The van der Waals surface area contributed by atoms with Crippen LogP contribution >= 0.6 is 23.4 Å². The first-order valence-electron chi connectivity index (χ1n) is 5.70. The molecule has 1 heterocycles. The number of hydrogen-bond acceptors (Lipinski definition) is 3. The van der Waals surface area contributed by atoms with Crippen LogP contribution in [0.3, 0.4) is 0 Å². The number of para-hydroxylation sites is 1. The van der Waals surface area contributed by atoms with Crippen molar-refractivity contribution in [1.82, 2.24) is 0 Å². The molecule has 1 aromatic carbocycles. The summed E-state index contributed by atoms with van der Waals surface area (Å²) in [6.07, 6.45) is -4.28. The fourth-order valence-electron chi connectivity index (χ4n) is 1.48. The number of carbonyl (C=O) groups is 1. The molecular formula is C13H9ClF3NO2S. The van der Waals surface area contributed by atoms with Crippen LogP contribution in [-0.4, -0.2) is 17.8 Å². The zero-order chi connectivity index (χ0) is 15.5. The van der Waals surface area contributed by atoms with Gasteiger partial charge < -0.3 is 9.73 Å². The molecule has 2 rings (SSSR count). The van der Waals surface area contributed by atoms with Gasteiger partial charge in [0.25, 0.3) is 5.91 Å². The minimum atomic E-state index is -4.28. The first-order chi connectivity index (χ1) is 9.85. The number of nitrogens with one attached hydrogen (secondary N) is 1. The van der Waals surface area contributed by atoms with E-state index in [1.807, 2.05) is 0 Å². The van der Waals surface area contributed by atoms with Crippen LogP contribution in [0.5, 0.6) is 0 Å². The summed E-state index contributed by atoms with van der Waals surface area (Å²) in [4.78, 5) is 12.2. The SMILES string of the molecule is O=C(Nc1ccccc1SCC(F)(F)F)c1ccc(Cl)o1. The van der Waals surface area contributed by atoms with Crippen LogP contribution < -0.4 is 5.32 Å². The average molecular weight is 336 g/mol.